The third-order valence-corrected chi connectivity index (χ3v) is 6.30. The number of benzene rings is 1. The van der Waals surface area contributed by atoms with E-state index in [0.29, 0.717) is 66.2 Å². The van der Waals surface area contributed by atoms with Crippen LogP contribution in [-0.4, -0.2) is 82.1 Å². The minimum Gasteiger partial charge on any atom is -0.394 e. The maximum Gasteiger partial charge on any atom is 0.259 e. The average Bonchev–Trinajstić information content (AvgIpc) is 3.19. The Morgan fingerprint density at radius 1 is 1.03 bits per heavy atom. The number of azo groups is 1. The van der Waals surface area contributed by atoms with Crippen LogP contribution < -0.4 is 10.6 Å². The lowest BCUT2D eigenvalue weighted by molar-refractivity contribution is 0.0347. The van der Waals surface area contributed by atoms with Crippen molar-refractivity contribution in [2.45, 2.75) is 13.8 Å². The molecule has 0 saturated carbocycles. The summed E-state index contributed by atoms with van der Waals surface area (Å²) < 4.78 is 16.3. The van der Waals surface area contributed by atoms with E-state index in [0.717, 1.165) is 22.6 Å². The summed E-state index contributed by atoms with van der Waals surface area (Å²) in [6.45, 7) is 7.05. The van der Waals surface area contributed by atoms with Crippen molar-refractivity contribution in [3.05, 3.63) is 39.8 Å². The van der Waals surface area contributed by atoms with Crippen molar-refractivity contribution in [1.29, 1.82) is 5.26 Å². The highest BCUT2D eigenvalue weighted by molar-refractivity contribution is 7.18. The molecular formula is C24H33N5O6S. The first-order valence-corrected chi connectivity index (χ1v) is 12.3. The van der Waals surface area contributed by atoms with Crippen LogP contribution >= 0.6 is 11.3 Å². The molecule has 4 N–H and O–H groups in total. The minimum atomic E-state index is -0.597. The zero-order chi connectivity index (χ0) is 26.3. The van der Waals surface area contributed by atoms with E-state index in [4.69, 9.17) is 30.2 Å². The zero-order valence-electron chi connectivity index (χ0n) is 20.6. The second-order valence-electron chi connectivity index (χ2n) is 7.65. The van der Waals surface area contributed by atoms with Crippen LogP contribution in [0.2, 0.25) is 0 Å². The first-order chi connectivity index (χ1) is 17.4. The van der Waals surface area contributed by atoms with Gasteiger partial charge in [0.15, 0.2) is 5.00 Å². The number of nitriles is 1. The van der Waals surface area contributed by atoms with E-state index < -0.39 is 5.91 Å². The molecule has 1 heterocycles. The van der Waals surface area contributed by atoms with E-state index in [1.807, 2.05) is 25.1 Å². The number of amides is 1. The molecule has 0 saturated heterocycles. The zero-order valence-corrected chi connectivity index (χ0v) is 21.4. The molecule has 0 aliphatic rings. The van der Waals surface area contributed by atoms with Gasteiger partial charge in [-0.1, -0.05) is 0 Å². The summed E-state index contributed by atoms with van der Waals surface area (Å²) in [5, 5.41) is 36.0. The maximum absolute atomic E-state index is 11.6. The molecule has 1 aromatic carbocycles. The summed E-state index contributed by atoms with van der Waals surface area (Å²) in [5.41, 5.74) is 8.64. The number of aliphatic hydroxyl groups is 2. The first-order valence-electron chi connectivity index (χ1n) is 11.5. The topological polar surface area (TPSA) is 163 Å². The first kappa shape index (κ1) is 29.3. The van der Waals surface area contributed by atoms with E-state index in [9.17, 15) is 10.1 Å². The van der Waals surface area contributed by atoms with Crippen molar-refractivity contribution >= 4 is 33.6 Å². The SMILES string of the molecule is Cc1cc(N(CCOCCO)CCOCCOCCO)ccc1/N=N/c1sc(C(N)=O)c(C)c1C#N. The van der Waals surface area contributed by atoms with E-state index in [1.54, 1.807) is 6.92 Å². The normalized spacial score (nSPS) is 11.2. The fourth-order valence-corrected chi connectivity index (χ4v) is 4.19. The van der Waals surface area contributed by atoms with Crippen LogP contribution in [0.1, 0.15) is 26.4 Å². The van der Waals surface area contributed by atoms with E-state index in [1.165, 1.54) is 0 Å². The molecule has 1 aromatic heterocycles. The number of aryl methyl sites for hydroxylation is 1. The van der Waals surface area contributed by atoms with E-state index >= 15 is 0 Å². The molecule has 36 heavy (non-hydrogen) atoms. The van der Waals surface area contributed by atoms with Gasteiger partial charge in [-0.05, 0) is 43.2 Å². The number of nitrogens with two attached hydrogens (primary N) is 1. The highest BCUT2D eigenvalue weighted by Crippen LogP contribution is 2.36. The van der Waals surface area contributed by atoms with Crippen LogP contribution in [0.4, 0.5) is 16.4 Å². The van der Waals surface area contributed by atoms with Crippen molar-refractivity contribution < 1.29 is 29.2 Å². The lowest BCUT2D eigenvalue weighted by Gasteiger charge is -2.25. The second kappa shape index (κ2) is 15.9. The minimum absolute atomic E-state index is 0.0165. The van der Waals surface area contributed by atoms with Crippen LogP contribution in [0.25, 0.3) is 0 Å². The summed E-state index contributed by atoms with van der Waals surface area (Å²) in [7, 11) is 0. The Morgan fingerprint density at radius 3 is 2.19 bits per heavy atom. The number of carbonyl (C=O) groups excluding carboxylic acids is 1. The quantitative estimate of drug-likeness (QED) is 0.212. The van der Waals surface area contributed by atoms with Gasteiger partial charge in [-0.3, -0.25) is 4.79 Å². The van der Waals surface area contributed by atoms with Crippen molar-refractivity contribution in [2.24, 2.45) is 16.0 Å². The molecule has 11 nitrogen and oxygen atoms in total. The molecule has 0 atom stereocenters. The molecule has 2 aromatic rings. The van der Waals surface area contributed by atoms with Gasteiger partial charge in [0, 0.05) is 18.8 Å². The fraction of sp³-hybridized carbons (Fsp3) is 0.500. The highest BCUT2D eigenvalue weighted by Gasteiger charge is 2.18. The summed E-state index contributed by atoms with van der Waals surface area (Å²) in [5.74, 6) is -0.597. The number of hydrogen-bond acceptors (Lipinski definition) is 11. The van der Waals surface area contributed by atoms with Crippen molar-refractivity contribution in [1.82, 2.24) is 0 Å². The third-order valence-electron chi connectivity index (χ3n) is 5.11. The van der Waals surface area contributed by atoms with Gasteiger partial charge in [-0.25, -0.2) is 0 Å². The number of hydrogen-bond donors (Lipinski definition) is 3. The van der Waals surface area contributed by atoms with Crippen LogP contribution in [0, 0.1) is 25.2 Å². The smallest absolute Gasteiger partial charge is 0.259 e. The lowest BCUT2D eigenvalue weighted by Crippen LogP contribution is -2.31. The largest absolute Gasteiger partial charge is 0.394 e. The maximum atomic E-state index is 11.6. The Hall–Kier alpha value is -2.92. The van der Waals surface area contributed by atoms with Crippen LogP contribution in [0.15, 0.2) is 28.4 Å². The number of carbonyl (C=O) groups is 1. The monoisotopic (exact) mass is 519 g/mol. The van der Waals surface area contributed by atoms with Crippen LogP contribution in [0.3, 0.4) is 0 Å². The molecule has 0 unspecified atom stereocenters. The fourth-order valence-electron chi connectivity index (χ4n) is 3.26. The number of thiophene rings is 1. The number of ether oxygens (including phenoxy) is 3. The molecule has 0 bridgehead atoms. The second-order valence-corrected chi connectivity index (χ2v) is 8.65. The molecule has 1 amide bonds. The Bertz CT molecular complexity index is 1050. The van der Waals surface area contributed by atoms with Crippen molar-refractivity contribution in [3.8, 4) is 6.07 Å². The summed E-state index contributed by atoms with van der Waals surface area (Å²) in [6, 6.07) is 7.79. The number of rotatable bonds is 17. The van der Waals surface area contributed by atoms with Gasteiger partial charge in [-0.2, -0.15) is 5.26 Å². The molecule has 12 heteroatoms. The standard InChI is InChI=1S/C24H33N5O6S/c1-17-15-19(29(5-9-33-11-7-30)6-10-34-13-14-35-12-8-31)3-4-21(17)27-28-24-20(16-25)18(2)22(36-24)23(26)32/h3-4,15,30-31H,5-14H2,1-2H3,(H2,26,32)/b28-27+. The predicted octanol–water partition coefficient (Wildman–Crippen LogP) is 2.59. The van der Waals surface area contributed by atoms with Crippen molar-refractivity contribution in [2.75, 3.05) is 70.8 Å². The summed E-state index contributed by atoms with van der Waals surface area (Å²) in [6.07, 6.45) is 0. The molecule has 0 aliphatic heterocycles. The molecule has 0 spiro atoms. The number of nitrogens with zero attached hydrogens (tertiary/aromatic N) is 4. The molecular weight excluding hydrogens is 486 g/mol. The lowest BCUT2D eigenvalue weighted by atomic mass is 10.1. The Balaban J connectivity index is 2.10. The molecule has 2 rings (SSSR count). The van der Waals surface area contributed by atoms with E-state index in [-0.39, 0.29) is 26.4 Å². The van der Waals surface area contributed by atoms with Gasteiger partial charge in [0.25, 0.3) is 5.91 Å². The van der Waals surface area contributed by atoms with Gasteiger partial charge < -0.3 is 35.1 Å². The highest BCUT2D eigenvalue weighted by atomic mass is 32.1. The molecule has 0 radical (unpaired) electrons. The predicted molar refractivity (Wildman–Crippen MR) is 136 cm³/mol. The number of anilines is 1. The third kappa shape index (κ3) is 8.94. The molecule has 196 valence electrons. The Labute approximate surface area is 214 Å². The van der Waals surface area contributed by atoms with Crippen LogP contribution in [-0.2, 0) is 14.2 Å². The van der Waals surface area contributed by atoms with Crippen molar-refractivity contribution in [3.63, 3.8) is 0 Å². The van der Waals surface area contributed by atoms with Crippen LogP contribution in [0.5, 0.6) is 0 Å². The van der Waals surface area contributed by atoms with Gasteiger partial charge in [0.1, 0.15) is 6.07 Å². The van der Waals surface area contributed by atoms with E-state index in [2.05, 4.69) is 21.2 Å². The Kier molecular flexibility index (Phi) is 13.0. The van der Waals surface area contributed by atoms with Gasteiger partial charge >= 0.3 is 0 Å². The summed E-state index contributed by atoms with van der Waals surface area (Å²) in [4.78, 5) is 14.0. The van der Waals surface area contributed by atoms with Gasteiger partial charge in [-0.15, -0.1) is 21.6 Å². The number of primary amides is 1. The van der Waals surface area contributed by atoms with Gasteiger partial charge in [0.05, 0.1) is 69.0 Å². The number of aliphatic hydroxyl groups excluding tert-OH is 2. The van der Waals surface area contributed by atoms with Gasteiger partial charge in [0.2, 0.25) is 0 Å². The Morgan fingerprint density at radius 2 is 1.64 bits per heavy atom. The molecule has 0 fully saturated rings. The summed E-state index contributed by atoms with van der Waals surface area (Å²) >= 11 is 1.05. The molecule has 0 aliphatic carbocycles. The average molecular weight is 520 g/mol.